The lowest BCUT2D eigenvalue weighted by atomic mass is 10.0. The summed E-state index contributed by atoms with van der Waals surface area (Å²) in [7, 11) is 1.53. The number of halogens is 3. The highest BCUT2D eigenvalue weighted by Crippen LogP contribution is 2.36. The molecule has 0 aromatic heterocycles. The zero-order chi connectivity index (χ0) is 19.1. The van der Waals surface area contributed by atoms with Gasteiger partial charge in [0.1, 0.15) is 0 Å². The second-order valence-electron chi connectivity index (χ2n) is 6.28. The molecule has 1 N–H and O–H groups in total. The Bertz CT molecular complexity index is 608. The Kier molecular flexibility index (Phi) is 8.09. The van der Waals surface area contributed by atoms with Gasteiger partial charge in [0, 0.05) is 24.7 Å². The average molecular weight is 435 g/mol. The molecule has 0 radical (unpaired) electrons. The van der Waals surface area contributed by atoms with E-state index in [0.29, 0.717) is 54.1 Å². The Balaban J connectivity index is 1.98. The van der Waals surface area contributed by atoms with Gasteiger partial charge in [-0.05, 0) is 47.3 Å². The van der Waals surface area contributed by atoms with Gasteiger partial charge in [-0.2, -0.15) is 0 Å². The van der Waals surface area contributed by atoms with E-state index < -0.39 is 6.43 Å². The maximum Gasteiger partial charge on any atom is 0.251 e. The number of nitrogens with zero attached hydrogens (tertiary/aromatic N) is 1. The molecule has 0 aliphatic carbocycles. The second-order valence-corrected chi connectivity index (χ2v) is 7.13. The number of carbonyl (C=O) groups is 1. The Morgan fingerprint density at radius 2 is 2.08 bits per heavy atom. The molecule has 1 heterocycles. The molecule has 26 heavy (non-hydrogen) atoms. The van der Waals surface area contributed by atoms with Crippen LogP contribution in [0.15, 0.2) is 16.6 Å². The van der Waals surface area contributed by atoms with Crippen LogP contribution in [0, 0.1) is 0 Å². The third-order valence-corrected chi connectivity index (χ3v) is 4.85. The fourth-order valence-corrected chi connectivity index (χ4v) is 3.48. The van der Waals surface area contributed by atoms with Crippen LogP contribution in [0.4, 0.5) is 8.78 Å². The number of likely N-dealkylation sites (tertiary alicyclic amines) is 1. The maximum absolute atomic E-state index is 12.6. The standard InChI is InChI=1S/C18H25BrF2N2O3/c1-3-8-26-17-14(19)9-12(10-15(17)25-2)18(24)22-13-4-6-23(7-5-13)11-16(20)21/h9-10,13,16H,3-8,11H2,1-2H3,(H,22,24). The molecule has 2 rings (SSSR count). The summed E-state index contributed by atoms with van der Waals surface area (Å²) in [6, 6.07) is 3.34. The highest BCUT2D eigenvalue weighted by molar-refractivity contribution is 9.10. The lowest BCUT2D eigenvalue weighted by Crippen LogP contribution is -2.45. The summed E-state index contributed by atoms with van der Waals surface area (Å²) >= 11 is 3.43. The van der Waals surface area contributed by atoms with Crippen LogP contribution in [0.25, 0.3) is 0 Å². The number of piperidine rings is 1. The highest BCUT2D eigenvalue weighted by Gasteiger charge is 2.24. The minimum Gasteiger partial charge on any atom is -0.493 e. The van der Waals surface area contributed by atoms with Crippen LogP contribution in [-0.4, -0.2) is 56.6 Å². The molecule has 1 amide bonds. The first-order chi connectivity index (χ1) is 12.4. The normalized spacial score (nSPS) is 15.9. The van der Waals surface area contributed by atoms with E-state index in [0.717, 1.165) is 6.42 Å². The van der Waals surface area contributed by atoms with Crippen molar-refractivity contribution in [1.82, 2.24) is 10.2 Å². The number of hydrogen-bond acceptors (Lipinski definition) is 4. The van der Waals surface area contributed by atoms with Crippen molar-refractivity contribution in [1.29, 1.82) is 0 Å². The molecule has 5 nitrogen and oxygen atoms in total. The monoisotopic (exact) mass is 434 g/mol. The number of ether oxygens (including phenoxy) is 2. The van der Waals surface area contributed by atoms with Gasteiger partial charge >= 0.3 is 0 Å². The Morgan fingerprint density at radius 1 is 1.38 bits per heavy atom. The fraction of sp³-hybridized carbons (Fsp3) is 0.611. The molecule has 1 fully saturated rings. The van der Waals surface area contributed by atoms with Crippen molar-refractivity contribution in [3.8, 4) is 11.5 Å². The molecule has 1 saturated heterocycles. The smallest absolute Gasteiger partial charge is 0.251 e. The minimum absolute atomic E-state index is 0.0165. The summed E-state index contributed by atoms with van der Waals surface area (Å²) in [4.78, 5) is 14.3. The van der Waals surface area contributed by atoms with Crippen molar-refractivity contribution in [2.24, 2.45) is 0 Å². The van der Waals surface area contributed by atoms with Crippen molar-refractivity contribution in [3.05, 3.63) is 22.2 Å². The fourth-order valence-electron chi connectivity index (χ4n) is 2.92. The van der Waals surface area contributed by atoms with Gasteiger partial charge < -0.3 is 14.8 Å². The number of amides is 1. The van der Waals surface area contributed by atoms with E-state index in [-0.39, 0.29) is 18.5 Å². The molecule has 8 heteroatoms. The summed E-state index contributed by atoms with van der Waals surface area (Å²) in [5.41, 5.74) is 0.465. The Labute approximate surface area is 161 Å². The number of nitrogens with one attached hydrogen (secondary N) is 1. The lowest BCUT2D eigenvalue weighted by Gasteiger charge is -2.32. The maximum atomic E-state index is 12.6. The lowest BCUT2D eigenvalue weighted by molar-refractivity contribution is 0.0696. The van der Waals surface area contributed by atoms with E-state index in [9.17, 15) is 13.6 Å². The molecule has 146 valence electrons. The first kappa shape index (κ1) is 20.9. The van der Waals surface area contributed by atoms with E-state index in [1.54, 1.807) is 17.0 Å². The van der Waals surface area contributed by atoms with Crippen LogP contribution < -0.4 is 14.8 Å². The first-order valence-electron chi connectivity index (χ1n) is 8.76. The van der Waals surface area contributed by atoms with Gasteiger partial charge in [0.2, 0.25) is 0 Å². The number of carbonyl (C=O) groups excluding carboxylic acids is 1. The Hall–Kier alpha value is -1.41. The largest absolute Gasteiger partial charge is 0.493 e. The van der Waals surface area contributed by atoms with Crippen LogP contribution in [0.1, 0.15) is 36.5 Å². The third-order valence-electron chi connectivity index (χ3n) is 4.26. The van der Waals surface area contributed by atoms with Gasteiger partial charge in [-0.25, -0.2) is 8.78 Å². The summed E-state index contributed by atoms with van der Waals surface area (Å²) in [6.07, 6.45) is -0.134. The summed E-state index contributed by atoms with van der Waals surface area (Å²) in [5.74, 6) is 0.856. The quantitative estimate of drug-likeness (QED) is 0.677. The van der Waals surface area contributed by atoms with E-state index >= 15 is 0 Å². The average Bonchev–Trinajstić information content (AvgIpc) is 2.61. The van der Waals surface area contributed by atoms with Gasteiger partial charge in [-0.1, -0.05) is 6.92 Å². The van der Waals surface area contributed by atoms with Crippen molar-refractivity contribution in [3.63, 3.8) is 0 Å². The molecule has 1 aromatic carbocycles. The number of alkyl halides is 2. The van der Waals surface area contributed by atoms with Crippen LogP contribution in [0.2, 0.25) is 0 Å². The number of hydrogen-bond donors (Lipinski definition) is 1. The molecule has 1 aromatic rings. The molecule has 0 unspecified atom stereocenters. The summed E-state index contributed by atoms with van der Waals surface area (Å²) in [5, 5.41) is 2.98. The topological polar surface area (TPSA) is 50.8 Å². The van der Waals surface area contributed by atoms with Crippen LogP contribution in [0.5, 0.6) is 11.5 Å². The van der Waals surface area contributed by atoms with Gasteiger partial charge in [0.15, 0.2) is 11.5 Å². The van der Waals surface area contributed by atoms with Crippen molar-refractivity contribution >= 4 is 21.8 Å². The summed E-state index contributed by atoms with van der Waals surface area (Å²) < 4.78 is 36.5. The van der Waals surface area contributed by atoms with E-state index in [2.05, 4.69) is 21.2 Å². The van der Waals surface area contributed by atoms with Crippen molar-refractivity contribution < 1.29 is 23.0 Å². The highest BCUT2D eigenvalue weighted by atomic mass is 79.9. The molecular weight excluding hydrogens is 410 g/mol. The van der Waals surface area contributed by atoms with Gasteiger partial charge in [-0.3, -0.25) is 9.69 Å². The van der Waals surface area contributed by atoms with E-state index in [1.807, 2.05) is 6.92 Å². The number of rotatable bonds is 8. The molecule has 0 saturated carbocycles. The number of methoxy groups -OCH3 is 1. The zero-order valence-corrected chi connectivity index (χ0v) is 16.7. The van der Waals surface area contributed by atoms with E-state index in [4.69, 9.17) is 9.47 Å². The first-order valence-corrected chi connectivity index (χ1v) is 9.55. The predicted molar refractivity (Wildman–Crippen MR) is 99.4 cm³/mol. The van der Waals surface area contributed by atoms with E-state index in [1.165, 1.54) is 7.11 Å². The predicted octanol–water partition coefficient (Wildman–Crippen LogP) is 3.71. The van der Waals surface area contributed by atoms with Gasteiger partial charge in [0.05, 0.1) is 24.7 Å². The molecular formula is C18H25BrF2N2O3. The molecule has 1 aliphatic heterocycles. The van der Waals surface area contributed by atoms with Gasteiger partial charge in [-0.15, -0.1) is 0 Å². The third kappa shape index (κ3) is 5.81. The van der Waals surface area contributed by atoms with Crippen LogP contribution in [0.3, 0.4) is 0 Å². The molecule has 1 aliphatic rings. The zero-order valence-electron chi connectivity index (χ0n) is 15.1. The van der Waals surface area contributed by atoms with Crippen molar-refractivity contribution in [2.45, 2.75) is 38.7 Å². The van der Waals surface area contributed by atoms with Crippen molar-refractivity contribution in [2.75, 3.05) is 33.4 Å². The minimum atomic E-state index is -2.32. The Morgan fingerprint density at radius 3 is 2.65 bits per heavy atom. The summed E-state index contributed by atoms with van der Waals surface area (Å²) in [6.45, 7) is 3.48. The molecule has 0 bridgehead atoms. The second kappa shape index (κ2) is 10.1. The molecule has 0 atom stereocenters. The van der Waals surface area contributed by atoms with Crippen LogP contribution >= 0.6 is 15.9 Å². The SMILES string of the molecule is CCCOc1c(Br)cc(C(=O)NC2CCN(CC(F)F)CC2)cc1OC. The van der Waals surface area contributed by atoms with Gasteiger partial charge in [0.25, 0.3) is 12.3 Å². The van der Waals surface area contributed by atoms with Crippen LogP contribution in [-0.2, 0) is 0 Å². The molecule has 0 spiro atoms. The number of benzene rings is 1.